The number of carbonyl (C=O) groups excluding carboxylic acids is 1. The van der Waals surface area contributed by atoms with Crippen molar-refractivity contribution in [3.63, 3.8) is 0 Å². The Morgan fingerprint density at radius 1 is 1.11 bits per heavy atom. The number of fused-ring (bicyclic) bond motifs is 2. The Bertz CT molecular complexity index is 545. The Kier molecular flexibility index (Phi) is 20.6. The van der Waals surface area contributed by atoms with Crippen LogP contribution in [-0.2, 0) is 31.8 Å². The van der Waals surface area contributed by atoms with Gasteiger partial charge in [-0.1, -0.05) is 61.5 Å². The summed E-state index contributed by atoms with van der Waals surface area (Å²) >= 11 is 0. The van der Waals surface area contributed by atoms with Crippen LogP contribution >= 0.6 is 0 Å². The van der Waals surface area contributed by atoms with Crippen molar-refractivity contribution in [1.82, 2.24) is 4.90 Å². The second kappa shape index (κ2) is 18.2. The molecule has 27 heavy (non-hydrogen) atoms. The Morgan fingerprint density at radius 2 is 1.67 bits per heavy atom. The maximum atomic E-state index is 11.6. The van der Waals surface area contributed by atoms with Gasteiger partial charge in [-0.25, -0.2) is 4.99 Å². The molecule has 2 aliphatic heterocycles. The number of amidine groups is 1. The summed E-state index contributed by atoms with van der Waals surface area (Å²) in [5.74, 6) is 1.98. The van der Waals surface area contributed by atoms with Gasteiger partial charge in [-0.05, 0) is 24.6 Å². The van der Waals surface area contributed by atoms with E-state index < -0.39 is 0 Å². The first-order valence-corrected chi connectivity index (χ1v) is 10.0. The number of nitrogens with zero attached hydrogens (tertiary/aromatic N) is 2. The van der Waals surface area contributed by atoms with Crippen molar-refractivity contribution in [1.29, 1.82) is 0 Å². The zero-order chi connectivity index (χ0) is 20.7. The SMILES string of the molecule is CC.CC.CC.CC.COc1ccc2c(c1)N=C1C[CH-]C(C(C)=O)N1C2.[Re]. The zero-order valence-corrected chi connectivity index (χ0v) is 21.6. The van der Waals surface area contributed by atoms with E-state index in [1.54, 1.807) is 14.0 Å². The molecule has 0 amide bonds. The zero-order valence-electron chi connectivity index (χ0n) is 18.9. The van der Waals surface area contributed by atoms with E-state index in [1.165, 1.54) is 0 Å². The van der Waals surface area contributed by atoms with Gasteiger partial charge in [-0.3, -0.25) is 6.42 Å². The van der Waals surface area contributed by atoms with Crippen LogP contribution in [0.5, 0.6) is 5.75 Å². The molecule has 1 unspecified atom stereocenters. The van der Waals surface area contributed by atoms with Gasteiger partial charge in [0, 0.05) is 33.0 Å². The third-order valence-electron chi connectivity index (χ3n) is 3.49. The molecule has 0 aromatic heterocycles. The van der Waals surface area contributed by atoms with E-state index in [0.29, 0.717) is 0 Å². The molecule has 1 fully saturated rings. The predicted octanol–water partition coefficient (Wildman–Crippen LogP) is 6.21. The van der Waals surface area contributed by atoms with Gasteiger partial charge in [0.05, 0.1) is 18.6 Å². The van der Waals surface area contributed by atoms with E-state index in [9.17, 15) is 4.79 Å². The molecule has 157 valence electrons. The van der Waals surface area contributed by atoms with Gasteiger partial charge < -0.3 is 14.4 Å². The number of carbonyl (C=O) groups is 1. The van der Waals surface area contributed by atoms with Crippen LogP contribution in [0.3, 0.4) is 0 Å². The quantitative estimate of drug-likeness (QED) is 0.412. The molecular formula is C22H39N2O2Re-. The van der Waals surface area contributed by atoms with Gasteiger partial charge in [-0.15, -0.1) is 6.42 Å². The van der Waals surface area contributed by atoms with E-state index in [0.717, 1.165) is 35.8 Å². The number of benzene rings is 1. The summed E-state index contributed by atoms with van der Waals surface area (Å²) in [7, 11) is 1.65. The first-order chi connectivity index (χ1) is 12.7. The summed E-state index contributed by atoms with van der Waals surface area (Å²) < 4.78 is 5.21. The monoisotopic (exact) mass is 550 g/mol. The van der Waals surface area contributed by atoms with Crippen LogP contribution in [0.4, 0.5) is 5.69 Å². The van der Waals surface area contributed by atoms with Crippen molar-refractivity contribution >= 4 is 17.3 Å². The fraction of sp³-hybridized carbons (Fsp3) is 0.591. The number of hydrogen-bond acceptors (Lipinski definition) is 4. The van der Waals surface area contributed by atoms with Crippen LogP contribution in [0.2, 0.25) is 0 Å². The van der Waals surface area contributed by atoms with Gasteiger partial charge in [0.2, 0.25) is 0 Å². The molecule has 1 aromatic carbocycles. The minimum atomic E-state index is -0.112. The molecule has 2 heterocycles. The molecule has 5 heteroatoms. The van der Waals surface area contributed by atoms with E-state index >= 15 is 0 Å². The Balaban J connectivity index is -0.000000572. The van der Waals surface area contributed by atoms with Crippen molar-refractivity contribution in [3.05, 3.63) is 30.2 Å². The number of ether oxygens (including phenoxy) is 1. The van der Waals surface area contributed by atoms with Gasteiger partial charge in [-0.2, -0.15) is 0 Å². The van der Waals surface area contributed by atoms with Crippen molar-refractivity contribution in [3.8, 4) is 5.75 Å². The van der Waals surface area contributed by atoms with E-state index in [2.05, 4.69) is 9.89 Å². The second-order valence-electron chi connectivity index (χ2n) is 4.65. The molecule has 1 saturated heterocycles. The minimum absolute atomic E-state index is 0. The standard InChI is InChI=1S/C14H15N2O2.4C2H6.Re/c1-9(17)13-5-6-14-15-12-7-11(18-2)4-3-10(12)8-16(13)14;4*1-2;/h3-5,7,13H,6,8H2,1-2H3;4*1-2H3;/q-1;;;;;. The Morgan fingerprint density at radius 3 is 2.15 bits per heavy atom. The molecule has 4 nitrogen and oxygen atoms in total. The average molecular weight is 550 g/mol. The summed E-state index contributed by atoms with van der Waals surface area (Å²) in [5.41, 5.74) is 2.10. The Hall–Kier alpha value is -1.18. The largest absolute Gasteiger partial charge is 0.497 e. The summed E-state index contributed by atoms with van der Waals surface area (Å²) in [6.07, 6.45) is 2.80. The third kappa shape index (κ3) is 8.58. The molecular weight excluding hydrogens is 510 g/mol. The maximum absolute atomic E-state index is 11.6. The van der Waals surface area contributed by atoms with E-state index in [4.69, 9.17) is 4.74 Å². The number of ketones is 1. The van der Waals surface area contributed by atoms with Crippen molar-refractivity contribution in [2.45, 2.75) is 81.3 Å². The van der Waals surface area contributed by atoms with Crippen LogP contribution < -0.4 is 4.74 Å². The van der Waals surface area contributed by atoms with Crippen molar-refractivity contribution in [2.24, 2.45) is 4.99 Å². The predicted molar refractivity (Wildman–Crippen MR) is 114 cm³/mol. The summed E-state index contributed by atoms with van der Waals surface area (Å²) in [6, 6.07) is 5.78. The van der Waals surface area contributed by atoms with Crippen molar-refractivity contribution in [2.75, 3.05) is 7.11 Å². The van der Waals surface area contributed by atoms with E-state index in [1.807, 2.05) is 80.0 Å². The number of methoxy groups -OCH3 is 1. The van der Waals surface area contributed by atoms with Gasteiger partial charge in [0.1, 0.15) is 11.5 Å². The number of rotatable bonds is 2. The summed E-state index contributed by atoms with van der Waals surface area (Å²) in [5, 5.41) is 0. The molecule has 2 aliphatic rings. The number of Topliss-reactive ketones (excluding diaryl/α,β-unsaturated/α-hetero) is 1. The summed E-state index contributed by atoms with van der Waals surface area (Å²) in [4.78, 5) is 18.3. The second-order valence-corrected chi connectivity index (χ2v) is 4.65. The van der Waals surface area contributed by atoms with Crippen LogP contribution in [-0.4, -0.2) is 29.7 Å². The first kappa shape index (κ1) is 30.5. The molecule has 0 saturated carbocycles. The van der Waals surface area contributed by atoms with E-state index in [-0.39, 0.29) is 32.2 Å². The number of hydrogen-bond donors (Lipinski definition) is 0. The maximum Gasteiger partial charge on any atom is 0.121 e. The molecule has 0 bridgehead atoms. The molecule has 0 aliphatic carbocycles. The Labute approximate surface area is 181 Å². The van der Waals surface area contributed by atoms with Crippen LogP contribution in [0.15, 0.2) is 23.2 Å². The molecule has 1 atom stereocenters. The molecule has 0 spiro atoms. The summed E-state index contributed by atoms with van der Waals surface area (Å²) in [6.45, 7) is 18.4. The molecule has 3 rings (SSSR count). The van der Waals surface area contributed by atoms with Crippen LogP contribution in [0.25, 0.3) is 0 Å². The molecule has 1 radical (unpaired) electrons. The van der Waals surface area contributed by atoms with Gasteiger partial charge in [0.25, 0.3) is 0 Å². The average Bonchev–Trinajstić information content (AvgIpc) is 3.15. The molecule has 1 aromatic rings. The fourth-order valence-corrected chi connectivity index (χ4v) is 2.54. The topological polar surface area (TPSA) is 41.9 Å². The fourth-order valence-electron chi connectivity index (χ4n) is 2.54. The smallest absolute Gasteiger partial charge is 0.121 e. The normalized spacial score (nSPS) is 15.0. The van der Waals surface area contributed by atoms with Crippen LogP contribution in [0, 0.1) is 6.42 Å². The first-order valence-electron chi connectivity index (χ1n) is 10.0. The van der Waals surface area contributed by atoms with Gasteiger partial charge in [0.15, 0.2) is 0 Å². The minimum Gasteiger partial charge on any atom is -0.497 e. The molecule has 0 N–H and O–H groups in total. The van der Waals surface area contributed by atoms with Gasteiger partial charge >= 0.3 is 0 Å². The third-order valence-corrected chi connectivity index (χ3v) is 3.49. The van der Waals surface area contributed by atoms with Crippen molar-refractivity contribution < 1.29 is 30.0 Å². The van der Waals surface area contributed by atoms with Crippen LogP contribution in [0.1, 0.15) is 74.3 Å². The number of aliphatic imine (C=N–C) groups is 1.